The van der Waals surface area contributed by atoms with Crippen LogP contribution in [0, 0.1) is 0 Å². The summed E-state index contributed by atoms with van der Waals surface area (Å²) in [4.78, 5) is 18.6. The molecule has 1 aromatic heterocycles. The van der Waals surface area contributed by atoms with Crippen LogP contribution in [0.25, 0.3) is 0 Å². The van der Waals surface area contributed by atoms with Crippen LogP contribution in [0.1, 0.15) is 15.9 Å². The molecule has 0 spiro atoms. The number of fused-ring (bicyclic) bond motifs is 1. The van der Waals surface area contributed by atoms with E-state index in [1.165, 1.54) is 0 Å². The maximum absolute atomic E-state index is 12.7. The second kappa shape index (κ2) is 5.93. The number of benzene rings is 1. The average molecular weight is 284 g/mol. The van der Waals surface area contributed by atoms with Gasteiger partial charge in [0.25, 0.3) is 5.91 Å². The number of anilines is 1. The quantitative estimate of drug-likeness (QED) is 0.867. The number of pyridine rings is 1. The number of amides is 1. The summed E-state index contributed by atoms with van der Waals surface area (Å²) < 4.78 is 10.6. The number of aromatic nitrogens is 1. The zero-order chi connectivity index (χ0) is 14.7. The van der Waals surface area contributed by atoms with E-state index in [1.807, 2.05) is 30.3 Å². The lowest BCUT2D eigenvalue weighted by atomic mass is 10.1. The molecule has 0 N–H and O–H groups in total. The van der Waals surface area contributed by atoms with E-state index in [2.05, 4.69) is 4.98 Å². The zero-order valence-corrected chi connectivity index (χ0v) is 11.8. The van der Waals surface area contributed by atoms with Crippen molar-refractivity contribution in [1.82, 2.24) is 4.98 Å². The van der Waals surface area contributed by atoms with Gasteiger partial charge in [0.05, 0.1) is 13.2 Å². The summed E-state index contributed by atoms with van der Waals surface area (Å²) in [6.45, 7) is 1.46. The molecule has 0 fully saturated rings. The van der Waals surface area contributed by atoms with Gasteiger partial charge >= 0.3 is 0 Å². The van der Waals surface area contributed by atoms with E-state index in [-0.39, 0.29) is 5.91 Å². The first-order valence-electron chi connectivity index (χ1n) is 6.77. The van der Waals surface area contributed by atoms with E-state index in [0.29, 0.717) is 36.9 Å². The standard InChI is InChI=1S/C16H16N2O3/c1-20-11-12-4-2-5-13(10-12)16(19)18-8-9-21-15-14(18)6-3-7-17-15/h2-7,10H,8-9,11H2,1H3. The SMILES string of the molecule is COCc1cccc(C(=O)N2CCOc3ncccc32)c1. The highest BCUT2D eigenvalue weighted by atomic mass is 16.5. The number of carbonyl (C=O) groups excluding carboxylic acids is 1. The van der Waals surface area contributed by atoms with Gasteiger partial charge in [0.15, 0.2) is 0 Å². The van der Waals surface area contributed by atoms with Gasteiger partial charge in [0, 0.05) is 18.9 Å². The van der Waals surface area contributed by atoms with Crippen LogP contribution in [0.3, 0.4) is 0 Å². The molecule has 0 saturated heterocycles. The summed E-state index contributed by atoms with van der Waals surface area (Å²) in [6, 6.07) is 11.1. The Hall–Kier alpha value is -2.40. The van der Waals surface area contributed by atoms with Gasteiger partial charge in [-0.15, -0.1) is 0 Å². The van der Waals surface area contributed by atoms with Gasteiger partial charge in [-0.2, -0.15) is 0 Å². The monoisotopic (exact) mass is 284 g/mol. The molecule has 0 atom stereocenters. The van der Waals surface area contributed by atoms with Crippen LogP contribution in [-0.4, -0.2) is 31.2 Å². The van der Waals surface area contributed by atoms with E-state index in [0.717, 1.165) is 5.56 Å². The van der Waals surface area contributed by atoms with Gasteiger partial charge in [-0.05, 0) is 29.8 Å². The number of hydrogen-bond donors (Lipinski definition) is 0. The van der Waals surface area contributed by atoms with Crippen LogP contribution in [0.15, 0.2) is 42.6 Å². The van der Waals surface area contributed by atoms with Crippen molar-refractivity contribution in [2.75, 3.05) is 25.2 Å². The second-order valence-electron chi connectivity index (χ2n) is 4.77. The zero-order valence-electron chi connectivity index (χ0n) is 11.8. The van der Waals surface area contributed by atoms with Crippen molar-refractivity contribution in [2.45, 2.75) is 6.61 Å². The van der Waals surface area contributed by atoms with Crippen molar-refractivity contribution in [3.63, 3.8) is 0 Å². The molecule has 3 rings (SSSR count). The summed E-state index contributed by atoms with van der Waals surface area (Å²) in [5.41, 5.74) is 2.33. The van der Waals surface area contributed by atoms with E-state index >= 15 is 0 Å². The number of carbonyl (C=O) groups is 1. The molecule has 108 valence electrons. The van der Waals surface area contributed by atoms with Gasteiger partial charge < -0.3 is 14.4 Å². The number of nitrogens with zero attached hydrogens (tertiary/aromatic N) is 2. The van der Waals surface area contributed by atoms with Crippen LogP contribution < -0.4 is 9.64 Å². The minimum absolute atomic E-state index is 0.0505. The molecular formula is C16H16N2O3. The van der Waals surface area contributed by atoms with E-state index in [9.17, 15) is 4.79 Å². The van der Waals surface area contributed by atoms with Crippen LogP contribution in [-0.2, 0) is 11.3 Å². The number of ether oxygens (including phenoxy) is 2. The molecule has 0 radical (unpaired) electrons. The molecule has 0 aliphatic carbocycles. The van der Waals surface area contributed by atoms with Gasteiger partial charge in [-0.1, -0.05) is 12.1 Å². The fraction of sp³-hybridized carbons (Fsp3) is 0.250. The predicted octanol–water partition coefficient (Wildman–Crippen LogP) is 2.27. The third-order valence-corrected chi connectivity index (χ3v) is 3.33. The molecular weight excluding hydrogens is 268 g/mol. The van der Waals surface area contributed by atoms with Crippen LogP contribution in [0.5, 0.6) is 5.88 Å². The summed E-state index contributed by atoms with van der Waals surface area (Å²) in [6.07, 6.45) is 1.66. The van der Waals surface area contributed by atoms with Gasteiger partial charge in [0.2, 0.25) is 5.88 Å². The normalized spacial score (nSPS) is 13.5. The van der Waals surface area contributed by atoms with Crippen molar-refractivity contribution in [2.24, 2.45) is 0 Å². The molecule has 2 aromatic rings. The van der Waals surface area contributed by atoms with Gasteiger partial charge in [0.1, 0.15) is 12.3 Å². The minimum Gasteiger partial charge on any atom is -0.474 e. The lowest BCUT2D eigenvalue weighted by molar-refractivity contribution is 0.0975. The summed E-state index contributed by atoms with van der Waals surface area (Å²) in [7, 11) is 1.64. The Bertz CT molecular complexity index is 657. The lowest BCUT2D eigenvalue weighted by Gasteiger charge is -2.28. The molecule has 0 saturated carbocycles. The maximum Gasteiger partial charge on any atom is 0.258 e. The van der Waals surface area contributed by atoms with Gasteiger partial charge in [-0.3, -0.25) is 4.79 Å². The van der Waals surface area contributed by atoms with E-state index < -0.39 is 0 Å². The first kappa shape index (κ1) is 13.6. The van der Waals surface area contributed by atoms with Crippen LogP contribution in [0.4, 0.5) is 5.69 Å². The fourth-order valence-corrected chi connectivity index (χ4v) is 2.38. The molecule has 21 heavy (non-hydrogen) atoms. The van der Waals surface area contributed by atoms with Crippen molar-refractivity contribution in [1.29, 1.82) is 0 Å². The third kappa shape index (κ3) is 2.73. The highest BCUT2D eigenvalue weighted by molar-refractivity contribution is 6.07. The van der Waals surface area contributed by atoms with Crippen molar-refractivity contribution >= 4 is 11.6 Å². The van der Waals surface area contributed by atoms with Crippen molar-refractivity contribution in [3.8, 4) is 5.88 Å². The second-order valence-corrected chi connectivity index (χ2v) is 4.77. The Morgan fingerprint density at radius 3 is 3.14 bits per heavy atom. The molecule has 0 unspecified atom stereocenters. The molecule has 1 aliphatic heterocycles. The number of methoxy groups -OCH3 is 1. The predicted molar refractivity (Wildman–Crippen MR) is 78.6 cm³/mol. The molecule has 2 heterocycles. The Morgan fingerprint density at radius 2 is 2.29 bits per heavy atom. The molecule has 0 bridgehead atoms. The number of hydrogen-bond acceptors (Lipinski definition) is 4. The molecule has 5 heteroatoms. The Kier molecular flexibility index (Phi) is 3.83. The molecule has 5 nitrogen and oxygen atoms in total. The molecule has 1 aromatic carbocycles. The first-order valence-corrected chi connectivity index (χ1v) is 6.77. The Balaban J connectivity index is 1.91. The van der Waals surface area contributed by atoms with Crippen LogP contribution >= 0.6 is 0 Å². The first-order chi connectivity index (χ1) is 10.3. The van der Waals surface area contributed by atoms with Crippen LogP contribution in [0.2, 0.25) is 0 Å². The minimum atomic E-state index is -0.0505. The topological polar surface area (TPSA) is 51.7 Å². The van der Waals surface area contributed by atoms with Gasteiger partial charge in [-0.25, -0.2) is 4.98 Å². The highest BCUT2D eigenvalue weighted by Crippen LogP contribution is 2.29. The summed E-state index contributed by atoms with van der Waals surface area (Å²) in [5, 5.41) is 0. The fourth-order valence-electron chi connectivity index (χ4n) is 2.38. The van der Waals surface area contributed by atoms with E-state index in [4.69, 9.17) is 9.47 Å². The van der Waals surface area contributed by atoms with E-state index in [1.54, 1.807) is 24.3 Å². The lowest BCUT2D eigenvalue weighted by Crippen LogP contribution is -2.38. The highest BCUT2D eigenvalue weighted by Gasteiger charge is 2.25. The maximum atomic E-state index is 12.7. The van der Waals surface area contributed by atoms with Crippen molar-refractivity contribution < 1.29 is 14.3 Å². The Morgan fingerprint density at radius 1 is 1.38 bits per heavy atom. The average Bonchev–Trinajstić information content (AvgIpc) is 2.54. The largest absolute Gasteiger partial charge is 0.474 e. The smallest absolute Gasteiger partial charge is 0.258 e. The third-order valence-electron chi connectivity index (χ3n) is 3.33. The molecule has 1 amide bonds. The number of rotatable bonds is 3. The summed E-state index contributed by atoms with van der Waals surface area (Å²) in [5.74, 6) is 0.454. The van der Waals surface area contributed by atoms with Crippen molar-refractivity contribution in [3.05, 3.63) is 53.7 Å². The Labute approximate surface area is 123 Å². The summed E-state index contributed by atoms with van der Waals surface area (Å²) >= 11 is 0. The molecule has 1 aliphatic rings.